The molecular weight excluding hydrogens is 223 g/mol. The Kier molecular flexibility index (Phi) is 2.32. The number of aromatic amines is 1. The van der Waals surface area contributed by atoms with Crippen molar-refractivity contribution in [1.29, 1.82) is 0 Å². The lowest BCUT2D eigenvalue weighted by Crippen LogP contribution is -2.02. The number of halogens is 2. The van der Waals surface area contributed by atoms with Crippen molar-refractivity contribution in [3.63, 3.8) is 0 Å². The number of ether oxygens (including phenoxy) is 1. The largest absolute Gasteiger partial charge is 0.464 e. The molecule has 1 N–H and O–H groups in total. The van der Waals surface area contributed by atoms with Gasteiger partial charge in [0.15, 0.2) is 5.69 Å². The average Bonchev–Trinajstić information content (AvgIpc) is 2.61. The summed E-state index contributed by atoms with van der Waals surface area (Å²) in [7, 11) is 1.23. The lowest BCUT2D eigenvalue weighted by Gasteiger charge is -1.96. The number of H-pyrrole nitrogens is 1. The maximum Gasteiger partial charge on any atom is 0.359 e. The van der Waals surface area contributed by atoms with Crippen LogP contribution in [0.15, 0.2) is 12.1 Å². The van der Waals surface area contributed by atoms with Gasteiger partial charge in [-0.1, -0.05) is 11.6 Å². The molecular formula is C9H6ClFN2O2. The second-order valence-corrected chi connectivity index (χ2v) is 3.28. The van der Waals surface area contributed by atoms with Crippen molar-refractivity contribution in [2.75, 3.05) is 7.11 Å². The molecule has 0 saturated heterocycles. The molecule has 0 saturated carbocycles. The van der Waals surface area contributed by atoms with E-state index in [1.807, 2.05) is 0 Å². The number of carbonyl (C=O) groups excluding carboxylic acids is 1. The van der Waals surface area contributed by atoms with Gasteiger partial charge in [-0.05, 0) is 12.1 Å². The molecule has 0 bridgehead atoms. The Balaban J connectivity index is 2.69. The van der Waals surface area contributed by atoms with Crippen molar-refractivity contribution in [2.24, 2.45) is 0 Å². The standard InChI is InChI=1S/C9H6ClFN2O2/c1-15-9(14)8-4-2-6(11)5(10)3-7(4)12-13-8/h2-3H,1H3,(H,12,13). The third kappa shape index (κ3) is 1.55. The van der Waals surface area contributed by atoms with Crippen molar-refractivity contribution in [1.82, 2.24) is 10.2 Å². The second-order valence-electron chi connectivity index (χ2n) is 2.88. The minimum Gasteiger partial charge on any atom is -0.464 e. The van der Waals surface area contributed by atoms with Crippen molar-refractivity contribution in [3.8, 4) is 0 Å². The fourth-order valence-electron chi connectivity index (χ4n) is 1.26. The fourth-order valence-corrected chi connectivity index (χ4v) is 1.43. The number of hydrogen-bond acceptors (Lipinski definition) is 3. The molecule has 1 aromatic heterocycles. The molecule has 6 heteroatoms. The molecule has 78 valence electrons. The summed E-state index contributed by atoms with van der Waals surface area (Å²) in [5, 5.41) is 6.62. The zero-order valence-corrected chi connectivity index (χ0v) is 8.43. The van der Waals surface area contributed by atoms with Gasteiger partial charge in [-0.25, -0.2) is 9.18 Å². The molecule has 4 nitrogen and oxygen atoms in total. The fraction of sp³-hybridized carbons (Fsp3) is 0.111. The van der Waals surface area contributed by atoms with E-state index in [-0.39, 0.29) is 10.7 Å². The van der Waals surface area contributed by atoms with Crippen LogP contribution >= 0.6 is 11.6 Å². The Morgan fingerprint density at radius 2 is 2.33 bits per heavy atom. The minimum atomic E-state index is -0.622. The van der Waals surface area contributed by atoms with Crippen LogP contribution in [0.4, 0.5) is 4.39 Å². The molecule has 2 rings (SSSR count). The highest BCUT2D eigenvalue weighted by atomic mass is 35.5. The molecule has 0 unspecified atom stereocenters. The van der Waals surface area contributed by atoms with Gasteiger partial charge < -0.3 is 4.74 Å². The van der Waals surface area contributed by atoms with E-state index < -0.39 is 11.8 Å². The van der Waals surface area contributed by atoms with E-state index >= 15 is 0 Å². The molecule has 15 heavy (non-hydrogen) atoms. The minimum absolute atomic E-state index is 0.0254. The zero-order chi connectivity index (χ0) is 11.0. The summed E-state index contributed by atoms with van der Waals surface area (Å²) in [4.78, 5) is 11.2. The number of benzene rings is 1. The first-order valence-corrected chi connectivity index (χ1v) is 4.42. The van der Waals surface area contributed by atoms with Gasteiger partial charge in [0.25, 0.3) is 0 Å². The van der Waals surface area contributed by atoms with Crippen LogP contribution in [0.1, 0.15) is 10.5 Å². The zero-order valence-electron chi connectivity index (χ0n) is 7.67. The summed E-state index contributed by atoms with van der Waals surface area (Å²) in [5.41, 5.74) is 0.532. The Labute approximate surface area is 89.0 Å². The van der Waals surface area contributed by atoms with Crippen molar-refractivity contribution in [3.05, 3.63) is 28.7 Å². The van der Waals surface area contributed by atoms with Gasteiger partial charge >= 0.3 is 5.97 Å². The third-order valence-electron chi connectivity index (χ3n) is 1.98. The predicted octanol–water partition coefficient (Wildman–Crippen LogP) is 2.14. The first kappa shape index (κ1) is 9.92. The maximum atomic E-state index is 13.1. The first-order chi connectivity index (χ1) is 7.13. The van der Waals surface area contributed by atoms with Crippen LogP contribution in [-0.4, -0.2) is 23.3 Å². The molecule has 0 fully saturated rings. The average molecular weight is 229 g/mol. The van der Waals surface area contributed by atoms with Gasteiger partial charge in [-0.3, -0.25) is 5.10 Å². The van der Waals surface area contributed by atoms with Crippen molar-refractivity contribution in [2.45, 2.75) is 0 Å². The van der Waals surface area contributed by atoms with E-state index in [9.17, 15) is 9.18 Å². The summed E-state index contributed by atoms with van der Waals surface area (Å²) < 4.78 is 17.6. The normalized spacial score (nSPS) is 10.6. The topological polar surface area (TPSA) is 55.0 Å². The molecule has 0 aliphatic rings. The number of carbonyl (C=O) groups is 1. The van der Waals surface area contributed by atoms with Gasteiger partial charge in [0, 0.05) is 5.39 Å². The van der Waals surface area contributed by atoms with Gasteiger partial charge in [0.1, 0.15) is 5.82 Å². The van der Waals surface area contributed by atoms with Crippen LogP contribution in [0, 0.1) is 5.82 Å². The van der Waals surface area contributed by atoms with Crippen LogP contribution < -0.4 is 0 Å². The molecule has 1 heterocycles. The van der Waals surface area contributed by atoms with Gasteiger partial charge in [0.2, 0.25) is 0 Å². The highest BCUT2D eigenvalue weighted by Crippen LogP contribution is 2.23. The van der Waals surface area contributed by atoms with E-state index in [4.69, 9.17) is 11.6 Å². The molecule has 0 radical (unpaired) electrons. The van der Waals surface area contributed by atoms with Crippen molar-refractivity contribution >= 4 is 28.5 Å². The summed E-state index contributed by atoms with van der Waals surface area (Å²) in [5.74, 6) is -1.22. The van der Waals surface area contributed by atoms with E-state index in [1.54, 1.807) is 0 Å². The quantitative estimate of drug-likeness (QED) is 0.761. The van der Waals surface area contributed by atoms with Crippen LogP contribution in [0.3, 0.4) is 0 Å². The number of hydrogen-bond donors (Lipinski definition) is 1. The van der Waals surface area contributed by atoms with Gasteiger partial charge in [0.05, 0.1) is 17.6 Å². The van der Waals surface area contributed by atoms with Crippen LogP contribution in [0.2, 0.25) is 5.02 Å². The number of rotatable bonds is 1. The molecule has 1 aromatic carbocycles. The van der Waals surface area contributed by atoms with Crippen LogP contribution in [0.25, 0.3) is 10.9 Å². The number of fused-ring (bicyclic) bond motifs is 1. The molecule has 0 atom stereocenters. The Morgan fingerprint density at radius 1 is 1.60 bits per heavy atom. The van der Waals surface area contributed by atoms with E-state index in [1.165, 1.54) is 13.2 Å². The third-order valence-corrected chi connectivity index (χ3v) is 2.27. The molecule has 0 aliphatic heterocycles. The monoisotopic (exact) mass is 228 g/mol. The molecule has 0 spiro atoms. The first-order valence-electron chi connectivity index (χ1n) is 4.05. The number of nitrogens with one attached hydrogen (secondary N) is 1. The number of esters is 1. The summed E-state index contributed by atoms with van der Waals surface area (Å²) >= 11 is 5.57. The van der Waals surface area contributed by atoms with E-state index in [0.29, 0.717) is 10.9 Å². The lowest BCUT2D eigenvalue weighted by atomic mass is 10.2. The predicted molar refractivity (Wildman–Crippen MR) is 52.4 cm³/mol. The van der Waals surface area contributed by atoms with Crippen molar-refractivity contribution < 1.29 is 13.9 Å². The SMILES string of the molecule is COC(=O)c1n[nH]c2cc(Cl)c(F)cc12. The summed E-state index contributed by atoms with van der Waals surface area (Å²) in [6.45, 7) is 0. The Morgan fingerprint density at radius 3 is 3.00 bits per heavy atom. The lowest BCUT2D eigenvalue weighted by molar-refractivity contribution is 0.0596. The smallest absolute Gasteiger partial charge is 0.359 e. The van der Waals surface area contributed by atoms with E-state index in [0.717, 1.165) is 6.07 Å². The summed E-state index contributed by atoms with van der Waals surface area (Å²) in [6, 6.07) is 2.51. The van der Waals surface area contributed by atoms with Crippen LogP contribution in [0.5, 0.6) is 0 Å². The molecule has 0 aliphatic carbocycles. The number of aromatic nitrogens is 2. The highest BCUT2D eigenvalue weighted by molar-refractivity contribution is 6.31. The molecule has 2 aromatic rings. The highest BCUT2D eigenvalue weighted by Gasteiger charge is 2.16. The summed E-state index contributed by atoms with van der Waals surface area (Å²) in [6.07, 6.45) is 0. The Bertz CT molecular complexity index is 538. The maximum absolute atomic E-state index is 13.1. The number of nitrogens with zero attached hydrogens (tertiary/aromatic N) is 1. The Hall–Kier alpha value is -1.62. The van der Waals surface area contributed by atoms with E-state index in [2.05, 4.69) is 14.9 Å². The molecule has 0 amide bonds. The second kappa shape index (κ2) is 3.51. The van der Waals surface area contributed by atoms with Gasteiger partial charge in [-0.15, -0.1) is 0 Å². The van der Waals surface area contributed by atoms with Gasteiger partial charge in [-0.2, -0.15) is 5.10 Å². The number of methoxy groups -OCH3 is 1. The van der Waals surface area contributed by atoms with Crippen LogP contribution in [-0.2, 0) is 4.74 Å².